The van der Waals surface area contributed by atoms with Gasteiger partial charge in [0, 0.05) is 0 Å². The van der Waals surface area contributed by atoms with Crippen molar-refractivity contribution >= 4 is 6.09 Å². The maximum absolute atomic E-state index is 10.2. The van der Waals surface area contributed by atoms with Gasteiger partial charge in [-0.3, -0.25) is 0 Å². The van der Waals surface area contributed by atoms with E-state index in [1.54, 1.807) is 0 Å². The number of nitrogens with two attached hydrogens (primary N) is 1. The van der Waals surface area contributed by atoms with E-state index in [1.165, 1.54) is 0 Å². The quantitative estimate of drug-likeness (QED) is 0.630. The fraction of sp³-hybridized carbons (Fsp3) is 0.857. The van der Waals surface area contributed by atoms with Gasteiger partial charge in [-0.2, -0.15) is 0 Å². The van der Waals surface area contributed by atoms with Gasteiger partial charge in [-0.25, -0.2) is 4.79 Å². The van der Waals surface area contributed by atoms with Gasteiger partial charge in [0.25, 0.3) is 0 Å². The summed E-state index contributed by atoms with van der Waals surface area (Å²) in [5, 5.41) is 8.69. The van der Waals surface area contributed by atoms with Gasteiger partial charge < -0.3 is 15.6 Å². The Bertz CT molecular complexity index is 125. The molecule has 0 saturated carbocycles. The van der Waals surface area contributed by atoms with Crippen LogP contribution in [0.2, 0.25) is 0 Å². The topological polar surface area (TPSA) is 72.6 Å². The first kappa shape index (κ1) is 10.2. The van der Waals surface area contributed by atoms with Crippen LogP contribution in [-0.2, 0) is 4.74 Å². The molecule has 0 radical (unpaired) electrons. The first-order valence-corrected chi connectivity index (χ1v) is 3.63. The number of hydrogen-bond acceptors (Lipinski definition) is 3. The summed E-state index contributed by atoms with van der Waals surface area (Å²) in [6.07, 6.45) is -0.642. The smallest absolute Gasteiger partial charge is 0.404 e. The highest BCUT2D eigenvalue weighted by Gasteiger charge is 2.12. The van der Waals surface area contributed by atoms with Crippen molar-refractivity contribution in [2.24, 2.45) is 11.7 Å². The number of ether oxygens (including phenoxy) is 1. The number of primary amides is 1. The first-order chi connectivity index (χ1) is 5.06. The van der Waals surface area contributed by atoms with E-state index in [2.05, 4.69) is 4.74 Å². The molecular formula is C7H15NO3. The molecule has 1 atom stereocenters. The van der Waals surface area contributed by atoms with Crippen LogP contribution in [0.15, 0.2) is 0 Å². The molecule has 1 amide bonds. The summed E-state index contributed by atoms with van der Waals surface area (Å²) in [6.45, 7) is 3.79. The van der Waals surface area contributed by atoms with Gasteiger partial charge >= 0.3 is 6.09 Å². The zero-order valence-electron chi connectivity index (χ0n) is 6.91. The maximum atomic E-state index is 10.2. The second-order valence-corrected chi connectivity index (χ2v) is 2.87. The highest BCUT2D eigenvalue weighted by molar-refractivity contribution is 5.64. The zero-order valence-corrected chi connectivity index (χ0v) is 6.91. The maximum Gasteiger partial charge on any atom is 0.404 e. The molecular weight excluding hydrogens is 146 g/mol. The molecule has 0 aromatic rings. The average Bonchev–Trinajstić information content (AvgIpc) is 1.84. The molecule has 0 aliphatic heterocycles. The molecule has 0 aromatic heterocycles. The fourth-order valence-corrected chi connectivity index (χ4v) is 0.850. The number of carbonyl (C=O) groups is 1. The zero-order chi connectivity index (χ0) is 8.85. The third kappa shape index (κ3) is 5.66. The second kappa shape index (κ2) is 4.96. The Balaban J connectivity index is 3.66. The standard InChI is InChI=1S/C7H15NO3/c1-5(2)3-6(4-9)11-7(8)10/h5-6,9H,3-4H2,1-2H3,(H2,8,10). The van der Waals surface area contributed by atoms with Crippen molar-refractivity contribution in [1.29, 1.82) is 0 Å². The molecule has 0 fully saturated rings. The largest absolute Gasteiger partial charge is 0.444 e. The van der Waals surface area contributed by atoms with Crippen LogP contribution >= 0.6 is 0 Å². The van der Waals surface area contributed by atoms with Crippen LogP contribution in [-0.4, -0.2) is 23.9 Å². The van der Waals surface area contributed by atoms with Gasteiger partial charge in [0.1, 0.15) is 6.10 Å². The predicted octanol–water partition coefficient (Wildman–Crippen LogP) is 0.489. The molecule has 11 heavy (non-hydrogen) atoms. The lowest BCUT2D eigenvalue weighted by Gasteiger charge is -2.15. The summed E-state index contributed by atoms with van der Waals surface area (Å²) < 4.78 is 4.60. The SMILES string of the molecule is CC(C)CC(CO)OC(N)=O. The Hall–Kier alpha value is -0.770. The molecule has 4 heteroatoms. The number of aliphatic hydroxyl groups excluding tert-OH is 1. The summed E-state index contributed by atoms with van der Waals surface area (Å²) in [6, 6.07) is 0. The van der Waals surface area contributed by atoms with Crippen molar-refractivity contribution in [3.05, 3.63) is 0 Å². The van der Waals surface area contributed by atoms with E-state index in [0.717, 1.165) is 0 Å². The number of amides is 1. The molecule has 0 rings (SSSR count). The van der Waals surface area contributed by atoms with Crippen LogP contribution in [0.25, 0.3) is 0 Å². The van der Waals surface area contributed by atoms with E-state index in [-0.39, 0.29) is 6.61 Å². The van der Waals surface area contributed by atoms with Gasteiger partial charge in [0.2, 0.25) is 0 Å². The molecule has 0 saturated heterocycles. The van der Waals surface area contributed by atoms with Gasteiger partial charge in [-0.05, 0) is 12.3 Å². The van der Waals surface area contributed by atoms with Crippen molar-refractivity contribution in [2.75, 3.05) is 6.61 Å². The first-order valence-electron chi connectivity index (χ1n) is 3.63. The molecule has 0 aromatic carbocycles. The lowest BCUT2D eigenvalue weighted by molar-refractivity contribution is 0.0514. The average molecular weight is 161 g/mol. The normalized spacial score (nSPS) is 13.1. The van der Waals surface area contributed by atoms with Crippen LogP contribution in [0, 0.1) is 5.92 Å². The van der Waals surface area contributed by atoms with Crippen molar-refractivity contribution in [2.45, 2.75) is 26.4 Å². The van der Waals surface area contributed by atoms with Crippen molar-refractivity contribution in [3.8, 4) is 0 Å². The van der Waals surface area contributed by atoms with Crippen LogP contribution in [0.5, 0.6) is 0 Å². The van der Waals surface area contributed by atoms with E-state index in [0.29, 0.717) is 12.3 Å². The van der Waals surface area contributed by atoms with E-state index < -0.39 is 12.2 Å². The molecule has 0 bridgehead atoms. The van der Waals surface area contributed by atoms with Crippen LogP contribution < -0.4 is 5.73 Å². The Kier molecular flexibility index (Phi) is 4.61. The minimum atomic E-state index is -0.829. The molecule has 3 N–H and O–H groups in total. The van der Waals surface area contributed by atoms with E-state index in [9.17, 15) is 4.79 Å². The Labute approximate surface area is 66.3 Å². The summed E-state index contributed by atoms with van der Waals surface area (Å²) >= 11 is 0. The minimum Gasteiger partial charge on any atom is -0.444 e. The summed E-state index contributed by atoms with van der Waals surface area (Å²) in [4.78, 5) is 10.2. The summed E-state index contributed by atoms with van der Waals surface area (Å²) in [5.41, 5.74) is 4.77. The molecule has 0 aliphatic rings. The van der Waals surface area contributed by atoms with Gasteiger partial charge in [0.15, 0.2) is 0 Å². The van der Waals surface area contributed by atoms with Crippen molar-refractivity contribution in [3.63, 3.8) is 0 Å². The molecule has 4 nitrogen and oxygen atoms in total. The highest BCUT2D eigenvalue weighted by atomic mass is 16.6. The number of carbonyl (C=O) groups excluding carboxylic acids is 1. The Morgan fingerprint density at radius 2 is 2.18 bits per heavy atom. The highest BCUT2D eigenvalue weighted by Crippen LogP contribution is 2.07. The van der Waals surface area contributed by atoms with Crippen molar-refractivity contribution < 1.29 is 14.6 Å². The molecule has 1 unspecified atom stereocenters. The Morgan fingerprint density at radius 3 is 2.45 bits per heavy atom. The lowest BCUT2D eigenvalue weighted by atomic mass is 10.1. The third-order valence-electron chi connectivity index (χ3n) is 1.22. The van der Waals surface area contributed by atoms with Gasteiger partial charge in [-0.1, -0.05) is 13.8 Å². The van der Waals surface area contributed by atoms with E-state index in [1.807, 2.05) is 13.8 Å². The second-order valence-electron chi connectivity index (χ2n) is 2.87. The van der Waals surface area contributed by atoms with Crippen LogP contribution in [0.3, 0.4) is 0 Å². The third-order valence-corrected chi connectivity index (χ3v) is 1.22. The summed E-state index contributed by atoms with van der Waals surface area (Å²) in [7, 11) is 0. The van der Waals surface area contributed by atoms with Gasteiger partial charge in [-0.15, -0.1) is 0 Å². The number of aliphatic hydroxyl groups is 1. The fourth-order valence-electron chi connectivity index (χ4n) is 0.850. The monoisotopic (exact) mass is 161 g/mol. The number of hydrogen-bond donors (Lipinski definition) is 2. The predicted molar refractivity (Wildman–Crippen MR) is 41.0 cm³/mol. The van der Waals surface area contributed by atoms with Crippen molar-refractivity contribution in [1.82, 2.24) is 0 Å². The van der Waals surface area contributed by atoms with E-state index in [4.69, 9.17) is 10.8 Å². The number of rotatable bonds is 4. The Morgan fingerprint density at radius 1 is 1.64 bits per heavy atom. The molecule has 0 aliphatic carbocycles. The van der Waals surface area contributed by atoms with Gasteiger partial charge in [0.05, 0.1) is 6.61 Å². The van der Waals surface area contributed by atoms with Crippen LogP contribution in [0.1, 0.15) is 20.3 Å². The molecule has 0 heterocycles. The lowest BCUT2D eigenvalue weighted by Crippen LogP contribution is -2.26. The van der Waals surface area contributed by atoms with E-state index >= 15 is 0 Å². The molecule has 66 valence electrons. The van der Waals surface area contributed by atoms with Crippen LogP contribution in [0.4, 0.5) is 4.79 Å². The molecule has 0 spiro atoms. The minimum absolute atomic E-state index is 0.166. The summed E-state index contributed by atoms with van der Waals surface area (Å²) in [5.74, 6) is 0.381.